The second-order valence-corrected chi connectivity index (χ2v) is 7.86. The van der Waals surface area contributed by atoms with E-state index in [-0.39, 0.29) is 18.6 Å². The van der Waals surface area contributed by atoms with Gasteiger partial charge in [-0.1, -0.05) is 54.6 Å². The Labute approximate surface area is 178 Å². The van der Waals surface area contributed by atoms with Crippen molar-refractivity contribution in [2.24, 2.45) is 0 Å². The Morgan fingerprint density at radius 3 is 1.37 bits per heavy atom. The maximum atomic E-state index is 9.44. The minimum absolute atomic E-state index is 0.267. The van der Waals surface area contributed by atoms with Gasteiger partial charge in [-0.3, -0.25) is 0 Å². The van der Waals surface area contributed by atoms with Crippen LogP contribution in [-0.4, -0.2) is 35.6 Å². The lowest BCUT2D eigenvalue weighted by Crippen LogP contribution is -2.25. The first-order valence-electron chi connectivity index (χ1n) is 10.3. The Kier molecular flexibility index (Phi) is 7.14. The predicted octanol–water partition coefficient (Wildman–Crippen LogP) is 4.56. The fraction of sp³-hybridized carbons (Fsp3) is 0.308. The summed E-state index contributed by atoms with van der Waals surface area (Å²) in [7, 11) is 0. The van der Waals surface area contributed by atoms with E-state index in [2.05, 4.69) is 43.3 Å². The van der Waals surface area contributed by atoms with E-state index in [9.17, 15) is 10.2 Å². The van der Waals surface area contributed by atoms with Crippen LogP contribution in [0, 0.1) is 0 Å². The summed E-state index contributed by atoms with van der Waals surface area (Å²) < 4.78 is 11.2. The number of rotatable bonds is 9. The van der Waals surface area contributed by atoms with Crippen LogP contribution in [0.15, 0.2) is 78.9 Å². The summed E-state index contributed by atoms with van der Waals surface area (Å²) in [6, 6.07) is 26.4. The summed E-state index contributed by atoms with van der Waals surface area (Å²) in [4.78, 5) is 0. The lowest BCUT2D eigenvalue weighted by atomic mass is 9.71. The molecule has 0 aromatic heterocycles. The van der Waals surface area contributed by atoms with Crippen LogP contribution in [0.5, 0.6) is 11.5 Å². The van der Waals surface area contributed by atoms with Crippen LogP contribution in [0.4, 0.5) is 0 Å². The molecule has 4 nitrogen and oxygen atoms in total. The number of aliphatic hydroxyl groups is 2. The summed E-state index contributed by atoms with van der Waals surface area (Å²) in [6.45, 7) is 6.15. The smallest absolute Gasteiger partial charge is 0.119 e. The molecule has 2 atom stereocenters. The van der Waals surface area contributed by atoms with Gasteiger partial charge < -0.3 is 19.7 Å². The maximum Gasteiger partial charge on any atom is 0.119 e. The van der Waals surface area contributed by atoms with Gasteiger partial charge in [0.25, 0.3) is 0 Å². The standard InChI is InChI=1S/C26H30O4/c1-19(27)17-29-24-13-9-22(10-14-24)26(3,21-7-5-4-6-8-21)23-11-15-25(16-12-23)30-18-20(2)28/h4-16,19-20,27-28H,17-18H2,1-3H3. The SMILES string of the molecule is CC(O)COc1ccc(C(C)(c2ccccc2)c2ccc(OCC(C)O)cc2)cc1. The topological polar surface area (TPSA) is 58.9 Å². The summed E-state index contributed by atoms with van der Waals surface area (Å²) >= 11 is 0. The van der Waals surface area contributed by atoms with Crippen LogP contribution in [-0.2, 0) is 5.41 Å². The normalized spacial score (nSPS) is 15.1. The number of ether oxygens (including phenoxy) is 2. The molecule has 4 heteroatoms. The average molecular weight is 407 g/mol. The van der Waals surface area contributed by atoms with Crippen molar-refractivity contribution in [3.05, 3.63) is 95.6 Å². The monoisotopic (exact) mass is 406 g/mol. The molecule has 0 aliphatic carbocycles. The molecule has 0 bridgehead atoms. The molecule has 2 unspecified atom stereocenters. The van der Waals surface area contributed by atoms with Crippen molar-refractivity contribution >= 4 is 0 Å². The van der Waals surface area contributed by atoms with E-state index in [4.69, 9.17) is 9.47 Å². The largest absolute Gasteiger partial charge is 0.491 e. The molecule has 3 rings (SSSR count). The van der Waals surface area contributed by atoms with Gasteiger partial charge in [0.1, 0.15) is 24.7 Å². The van der Waals surface area contributed by atoms with E-state index in [1.165, 1.54) is 5.56 Å². The van der Waals surface area contributed by atoms with Crippen molar-refractivity contribution in [3.63, 3.8) is 0 Å². The average Bonchev–Trinajstić information content (AvgIpc) is 2.77. The Bertz CT molecular complexity index is 845. The lowest BCUT2D eigenvalue weighted by molar-refractivity contribution is 0.122. The highest BCUT2D eigenvalue weighted by molar-refractivity contribution is 5.51. The van der Waals surface area contributed by atoms with Gasteiger partial charge in [-0.25, -0.2) is 0 Å². The molecule has 0 amide bonds. The molecule has 0 saturated carbocycles. The zero-order valence-electron chi connectivity index (χ0n) is 17.8. The van der Waals surface area contributed by atoms with Crippen molar-refractivity contribution in [1.29, 1.82) is 0 Å². The Morgan fingerprint density at radius 1 is 0.633 bits per heavy atom. The number of benzene rings is 3. The van der Waals surface area contributed by atoms with Gasteiger partial charge >= 0.3 is 0 Å². The van der Waals surface area contributed by atoms with Gasteiger partial charge in [0.2, 0.25) is 0 Å². The van der Waals surface area contributed by atoms with Crippen LogP contribution < -0.4 is 9.47 Å². The molecule has 3 aromatic carbocycles. The highest BCUT2D eigenvalue weighted by Gasteiger charge is 2.31. The molecule has 158 valence electrons. The second-order valence-electron chi connectivity index (χ2n) is 7.86. The minimum Gasteiger partial charge on any atom is -0.491 e. The summed E-state index contributed by atoms with van der Waals surface area (Å²) in [5.41, 5.74) is 3.08. The number of hydrogen-bond donors (Lipinski definition) is 2. The molecule has 2 N–H and O–H groups in total. The summed E-state index contributed by atoms with van der Waals surface area (Å²) in [5, 5.41) is 18.9. The zero-order chi connectivity index (χ0) is 21.6. The van der Waals surface area contributed by atoms with E-state index in [0.717, 1.165) is 22.6 Å². The third kappa shape index (κ3) is 5.21. The molecule has 0 saturated heterocycles. The molecule has 0 aliphatic heterocycles. The van der Waals surface area contributed by atoms with Crippen molar-refractivity contribution < 1.29 is 19.7 Å². The van der Waals surface area contributed by atoms with E-state index in [1.54, 1.807) is 13.8 Å². The van der Waals surface area contributed by atoms with Crippen LogP contribution in [0.25, 0.3) is 0 Å². The van der Waals surface area contributed by atoms with E-state index < -0.39 is 12.2 Å². The van der Waals surface area contributed by atoms with Crippen LogP contribution in [0.3, 0.4) is 0 Å². The van der Waals surface area contributed by atoms with Gasteiger partial charge in [0.15, 0.2) is 0 Å². The van der Waals surface area contributed by atoms with Crippen molar-refractivity contribution in [3.8, 4) is 11.5 Å². The van der Waals surface area contributed by atoms with Crippen molar-refractivity contribution in [2.75, 3.05) is 13.2 Å². The third-order valence-electron chi connectivity index (χ3n) is 5.20. The Hall–Kier alpha value is -2.82. The molecular formula is C26H30O4. The fourth-order valence-electron chi connectivity index (χ4n) is 3.47. The summed E-state index contributed by atoms with van der Waals surface area (Å²) in [6.07, 6.45) is -1.01. The number of hydrogen-bond acceptors (Lipinski definition) is 4. The predicted molar refractivity (Wildman–Crippen MR) is 119 cm³/mol. The molecule has 0 spiro atoms. The molecule has 30 heavy (non-hydrogen) atoms. The van der Waals surface area contributed by atoms with E-state index in [1.807, 2.05) is 42.5 Å². The van der Waals surface area contributed by atoms with Crippen LogP contribution >= 0.6 is 0 Å². The first-order chi connectivity index (χ1) is 14.4. The van der Waals surface area contributed by atoms with Crippen LogP contribution in [0.1, 0.15) is 37.5 Å². The van der Waals surface area contributed by atoms with Gasteiger partial charge in [-0.05, 0) is 61.7 Å². The molecule has 0 fully saturated rings. The van der Waals surface area contributed by atoms with Gasteiger partial charge in [0, 0.05) is 5.41 Å². The minimum atomic E-state index is -0.506. The molecule has 3 aromatic rings. The molecule has 0 heterocycles. The van der Waals surface area contributed by atoms with Crippen LogP contribution in [0.2, 0.25) is 0 Å². The Balaban J connectivity index is 1.94. The summed E-state index contributed by atoms with van der Waals surface area (Å²) in [5.74, 6) is 1.47. The van der Waals surface area contributed by atoms with Crippen molar-refractivity contribution in [2.45, 2.75) is 38.4 Å². The second kappa shape index (κ2) is 9.79. The first kappa shape index (κ1) is 21.9. The zero-order valence-corrected chi connectivity index (χ0v) is 17.8. The first-order valence-corrected chi connectivity index (χ1v) is 10.3. The quantitative estimate of drug-likeness (QED) is 0.512. The third-order valence-corrected chi connectivity index (χ3v) is 5.20. The fourth-order valence-corrected chi connectivity index (χ4v) is 3.47. The number of aliphatic hydroxyl groups excluding tert-OH is 2. The lowest BCUT2D eigenvalue weighted by Gasteiger charge is -2.32. The molecule has 0 aliphatic rings. The molecular weight excluding hydrogens is 376 g/mol. The van der Waals surface area contributed by atoms with Gasteiger partial charge in [-0.15, -0.1) is 0 Å². The van der Waals surface area contributed by atoms with Crippen molar-refractivity contribution in [1.82, 2.24) is 0 Å². The van der Waals surface area contributed by atoms with E-state index in [0.29, 0.717) is 0 Å². The Morgan fingerprint density at radius 2 is 1.00 bits per heavy atom. The van der Waals surface area contributed by atoms with E-state index >= 15 is 0 Å². The highest BCUT2D eigenvalue weighted by Crippen LogP contribution is 2.39. The highest BCUT2D eigenvalue weighted by atomic mass is 16.5. The van der Waals surface area contributed by atoms with Gasteiger partial charge in [0.05, 0.1) is 12.2 Å². The maximum absolute atomic E-state index is 9.44. The van der Waals surface area contributed by atoms with Gasteiger partial charge in [-0.2, -0.15) is 0 Å². The molecule has 0 radical (unpaired) electrons.